The molecule has 138 valence electrons. The summed E-state index contributed by atoms with van der Waals surface area (Å²) in [4.78, 5) is 0.383. The molecule has 1 fully saturated rings. The van der Waals surface area contributed by atoms with Crippen molar-refractivity contribution < 1.29 is 12.8 Å². The van der Waals surface area contributed by atoms with Crippen molar-refractivity contribution in [2.24, 2.45) is 0 Å². The topological polar surface area (TPSA) is 58.2 Å². The minimum absolute atomic E-state index is 0.117. The fourth-order valence-electron chi connectivity index (χ4n) is 4.31. The van der Waals surface area contributed by atoms with Crippen LogP contribution in [0.15, 0.2) is 52.3 Å². The fourth-order valence-corrected chi connectivity index (χ4v) is 5.61. The molecule has 4 nitrogen and oxygen atoms in total. The maximum absolute atomic E-state index is 13.1. The van der Waals surface area contributed by atoms with Gasteiger partial charge in [0, 0.05) is 29.7 Å². The molecule has 26 heavy (non-hydrogen) atoms. The van der Waals surface area contributed by atoms with Gasteiger partial charge in [0.1, 0.15) is 5.82 Å². The second kappa shape index (κ2) is 6.35. The SMILES string of the molecule is CC1C[C@@H]2Nc3ccc(S(=O)(=O)c4ccc(F)cc4)cc3[C@H]2CC(C)N1. The van der Waals surface area contributed by atoms with Crippen molar-refractivity contribution in [3.05, 3.63) is 53.8 Å². The van der Waals surface area contributed by atoms with Crippen LogP contribution in [0.3, 0.4) is 0 Å². The average Bonchev–Trinajstić information content (AvgIpc) is 2.83. The van der Waals surface area contributed by atoms with Crippen LogP contribution in [0.5, 0.6) is 0 Å². The van der Waals surface area contributed by atoms with Gasteiger partial charge in [0.2, 0.25) is 9.84 Å². The summed E-state index contributed by atoms with van der Waals surface area (Å²) in [5.41, 5.74) is 2.10. The quantitative estimate of drug-likeness (QED) is 0.787. The van der Waals surface area contributed by atoms with Crippen molar-refractivity contribution in [2.45, 2.75) is 60.5 Å². The molecule has 0 spiro atoms. The molecule has 0 saturated carbocycles. The first kappa shape index (κ1) is 17.5. The maximum Gasteiger partial charge on any atom is 0.206 e. The number of rotatable bonds is 2. The molecule has 0 amide bonds. The van der Waals surface area contributed by atoms with Crippen LogP contribution in [0, 0.1) is 5.82 Å². The van der Waals surface area contributed by atoms with Gasteiger partial charge in [-0.3, -0.25) is 0 Å². The van der Waals surface area contributed by atoms with E-state index >= 15 is 0 Å². The monoisotopic (exact) mass is 374 g/mol. The number of benzene rings is 2. The van der Waals surface area contributed by atoms with E-state index in [4.69, 9.17) is 0 Å². The highest BCUT2D eigenvalue weighted by atomic mass is 32.2. The van der Waals surface area contributed by atoms with Gasteiger partial charge in [0.15, 0.2) is 0 Å². The molecule has 0 radical (unpaired) electrons. The highest BCUT2D eigenvalue weighted by Gasteiger charge is 2.37. The van der Waals surface area contributed by atoms with Gasteiger partial charge in [-0.2, -0.15) is 0 Å². The number of halogens is 1. The second-order valence-corrected chi connectivity index (χ2v) is 9.45. The molecule has 2 unspecified atom stereocenters. The Balaban J connectivity index is 1.72. The first-order valence-electron chi connectivity index (χ1n) is 9.02. The van der Waals surface area contributed by atoms with Crippen LogP contribution in [-0.2, 0) is 9.84 Å². The van der Waals surface area contributed by atoms with Gasteiger partial charge in [-0.05, 0) is 74.7 Å². The molecule has 0 aromatic heterocycles. The lowest BCUT2D eigenvalue weighted by molar-refractivity contribution is 0.468. The molecule has 4 atom stereocenters. The molecule has 6 heteroatoms. The summed E-state index contributed by atoms with van der Waals surface area (Å²) in [6.45, 7) is 4.37. The summed E-state index contributed by atoms with van der Waals surface area (Å²) in [7, 11) is -3.66. The Hall–Kier alpha value is -1.92. The smallest absolute Gasteiger partial charge is 0.206 e. The van der Waals surface area contributed by atoms with E-state index in [-0.39, 0.29) is 9.79 Å². The van der Waals surface area contributed by atoms with Gasteiger partial charge in [0.05, 0.1) is 9.79 Å². The lowest BCUT2D eigenvalue weighted by Crippen LogP contribution is -2.33. The van der Waals surface area contributed by atoms with Crippen LogP contribution < -0.4 is 10.6 Å². The van der Waals surface area contributed by atoms with Crippen LogP contribution in [-0.4, -0.2) is 26.5 Å². The number of hydrogen-bond donors (Lipinski definition) is 2. The Morgan fingerprint density at radius 3 is 2.35 bits per heavy atom. The molecule has 2 aliphatic rings. The average molecular weight is 374 g/mol. The van der Waals surface area contributed by atoms with Crippen LogP contribution in [0.2, 0.25) is 0 Å². The van der Waals surface area contributed by atoms with E-state index in [0.29, 0.717) is 24.0 Å². The Morgan fingerprint density at radius 1 is 0.962 bits per heavy atom. The van der Waals surface area contributed by atoms with Crippen LogP contribution >= 0.6 is 0 Å². The minimum atomic E-state index is -3.66. The molecule has 0 aliphatic carbocycles. The third kappa shape index (κ3) is 3.01. The third-order valence-electron chi connectivity index (χ3n) is 5.47. The zero-order valence-corrected chi connectivity index (χ0v) is 15.7. The summed E-state index contributed by atoms with van der Waals surface area (Å²) < 4.78 is 39.0. The Labute approximate surface area is 153 Å². The summed E-state index contributed by atoms with van der Waals surface area (Å²) in [6, 6.07) is 11.4. The first-order chi connectivity index (χ1) is 12.3. The van der Waals surface area contributed by atoms with Gasteiger partial charge < -0.3 is 10.6 Å². The standard InChI is InChI=1S/C20H23FN2O2S/c1-12-9-17-18-11-16(26(24,25)15-5-3-14(21)4-6-15)7-8-19(18)23-20(17)10-13(2)22-12/h3-8,11-13,17,20,22-23H,9-10H2,1-2H3/t12?,13?,17-,20+/m1/s1. The van der Waals surface area contributed by atoms with Crippen molar-refractivity contribution in [1.82, 2.24) is 5.32 Å². The zero-order chi connectivity index (χ0) is 18.5. The molecule has 0 bridgehead atoms. The molecule has 1 saturated heterocycles. The van der Waals surface area contributed by atoms with Crippen LogP contribution in [0.1, 0.15) is 38.2 Å². The van der Waals surface area contributed by atoms with Gasteiger partial charge in [-0.15, -0.1) is 0 Å². The summed E-state index contributed by atoms with van der Waals surface area (Å²) in [5, 5.41) is 7.15. The third-order valence-corrected chi connectivity index (χ3v) is 7.23. The molecule has 2 aromatic rings. The van der Waals surface area contributed by atoms with E-state index in [1.54, 1.807) is 12.1 Å². The Kier molecular flexibility index (Phi) is 4.28. The minimum Gasteiger partial charge on any atom is -0.381 e. The molecular formula is C20H23FN2O2S. The Bertz CT molecular complexity index is 927. The molecule has 2 heterocycles. The van der Waals surface area contributed by atoms with Crippen molar-refractivity contribution in [2.75, 3.05) is 5.32 Å². The first-order valence-corrected chi connectivity index (χ1v) is 10.5. The number of anilines is 1. The number of fused-ring (bicyclic) bond motifs is 3. The van der Waals surface area contributed by atoms with Crippen molar-refractivity contribution in [3.8, 4) is 0 Å². The predicted octanol–water partition coefficient (Wildman–Crippen LogP) is 3.70. The molecular weight excluding hydrogens is 351 g/mol. The zero-order valence-electron chi connectivity index (χ0n) is 14.9. The van der Waals surface area contributed by atoms with Gasteiger partial charge in [-0.1, -0.05) is 0 Å². The van der Waals surface area contributed by atoms with Gasteiger partial charge >= 0.3 is 0 Å². The highest BCUT2D eigenvalue weighted by molar-refractivity contribution is 7.91. The van der Waals surface area contributed by atoms with Crippen LogP contribution in [0.4, 0.5) is 10.1 Å². The van der Waals surface area contributed by atoms with Crippen LogP contribution in [0.25, 0.3) is 0 Å². The fraction of sp³-hybridized carbons (Fsp3) is 0.400. The van der Waals surface area contributed by atoms with Crippen molar-refractivity contribution >= 4 is 15.5 Å². The number of nitrogens with one attached hydrogen (secondary N) is 2. The normalized spacial score (nSPS) is 28.0. The van der Waals surface area contributed by atoms with Crippen molar-refractivity contribution in [3.63, 3.8) is 0 Å². The van der Waals surface area contributed by atoms with Crippen molar-refractivity contribution in [1.29, 1.82) is 0 Å². The van der Waals surface area contributed by atoms with E-state index in [1.165, 1.54) is 24.3 Å². The summed E-state index contributed by atoms with van der Waals surface area (Å²) in [5.74, 6) is -0.153. The van der Waals surface area contributed by atoms with E-state index in [9.17, 15) is 12.8 Å². The van der Waals surface area contributed by atoms with E-state index < -0.39 is 15.7 Å². The highest BCUT2D eigenvalue weighted by Crippen LogP contribution is 2.43. The number of hydrogen-bond acceptors (Lipinski definition) is 4. The second-order valence-electron chi connectivity index (χ2n) is 7.50. The predicted molar refractivity (Wildman–Crippen MR) is 99.7 cm³/mol. The van der Waals surface area contributed by atoms with E-state index in [0.717, 1.165) is 24.1 Å². The van der Waals surface area contributed by atoms with E-state index in [2.05, 4.69) is 24.5 Å². The summed E-state index contributed by atoms with van der Waals surface area (Å²) >= 11 is 0. The summed E-state index contributed by atoms with van der Waals surface area (Å²) in [6.07, 6.45) is 1.97. The van der Waals surface area contributed by atoms with E-state index in [1.807, 2.05) is 6.07 Å². The van der Waals surface area contributed by atoms with Gasteiger partial charge in [0.25, 0.3) is 0 Å². The molecule has 2 aromatic carbocycles. The lowest BCUT2D eigenvalue weighted by atomic mass is 9.88. The molecule has 2 N–H and O–H groups in total. The number of sulfone groups is 1. The molecule has 2 aliphatic heterocycles. The largest absolute Gasteiger partial charge is 0.381 e. The van der Waals surface area contributed by atoms with Gasteiger partial charge in [-0.25, -0.2) is 12.8 Å². The molecule has 4 rings (SSSR count). The Morgan fingerprint density at radius 2 is 1.62 bits per heavy atom. The lowest BCUT2D eigenvalue weighted by Gasteiger charge is -2.18. The maximum atomic E-state index is 13.1.